The fourth-order valence-electron chi connectivity index (χ4n) is 2.41. The molecule has 1 aliphatic heterocycles. The summed E-state index contributed by atoms with van der Waals surface area (Å²) in [5.41, 5.74) is 0. The maximum absolute atomic E-state index is 11.9. The lowest BCUT2D eigenvalue weighted by Gasteiger charge is -2.19. The highest BCUT2D eigenvalue weighted by molar-refractivity contribution is 5.92. The zero-order valence-corrected chi connectivity index (χ0v) is 9.28. The number of Topliss-reactive ketones (excluding diaryl/α,β-unsaturated/α-hetero) is 2. The fraction of sp³-hybridized carbons (Fsp3) is 0.818. The Kier molecular flexibility index (Phi) is 2.43. The van der Waals surface area contributed by atoms with E-state index in [9.17, 15) is 9.59 Å². The van der Waals surface area contributed by atoms with E-state index in [-0.39, 0.29) is 23.6 Å². The second-order valence-corrected chi connectivity index (χ2v) is 4.84. The van der Waals surface area contributed by atoms with Gasteiger partial charge in [0.2, 0.25) is 0 Å². The molecular formula is C11H16O4. The first-order chi connectivity index (χ1) is 6.89. The smallest absolute Gasteiger partial charge is 0.167 e. The molecule has 3 atom stereocenters. The average molecular weight is 212 g/mol. The van der Waals surface area contributed by atoms with Crippen molar-refractivity contribution < 1.29 is 19.1 Å². The zero-order valence-electron chi connectivity index (χ0n) is 9.28. The van der Waals surface area contributed by atoms with Crippen molar-refractivity contribution in [2.75, 3.05) is 0 Å². The van der Waals surface area contributed by atoms with Gasteiger partial charge in [-0.25, -0.2) is 0 Å². The summed E-state index contributed by atoms with van der Waals surface area (Å²) < 4.78 is 11.1. The summed E-state index contributed by atoms with van der Waals surface area (Å²) >= 11 is 0. The molecule has 0 aromatic heterocycles. The molecule has 0 unspecified atom stereocenters. The van der Waals surface area contributed by atoms with E-state index in [2.05, 4.69) is 0 Å². The first-order valence-electron chi connectivity index (χ1n) is 5.28. The molecule has 1 heterocycles. The van der Waals surface area contributed by atoms with Crippen LogP contribution in [-0.4, -0.2) is 29.6 Å². The quantitative estimate of drug-likeness (QED) is 0.687. The van der Waals surface area contributed by atoms with E-state index in [4.69, 9.17) is 9.47 Å². The van der Waals surface area contributed by atoms with Gasteiger partial charge in [0.15, 0.2) is 11.6 Å². The minimum absolute atomic E-state index is 0.0285. The van der Waals surface area contributed by atoms with Gasteiger partial charge in [-0.1, -0.05) is 0 Å². The molecule has 1 aliphatic carbocycles. The van der Waals surface area contributed by atoms with Crippen LogP contribution >= 0.6 is 0 Å². The SMILES string of the molecule is CC(=O)C[C@H]1C[C@@H]2OC(C)(C)O[C@@H]2C1=O. The van der Waals surface area contributed by atoms with Crippen LogP contribution in [0.5, 0.6) is 0 Å². The second kappa shape index (κ2) is 3.39. The van der Waals surface area contributed by atoms with Crippen molar-refractivity contribution in [3.05, 3.63) is 0 Å². The molecule has 1 saturated carbocycles. The third-order valence-corrected chi connectivity index (χ3v) is 2.92. The molecule has 0 radical (unpaired) electrons. The summed E-state index contributed by atoms with van der Waals surface area (Å²) in [6.45, 7) is 5.12. The van der Waals surface area contributed by atoms with Crippen LogP contribution in [-0.2, 0) is 19.1 Å². The van der Waals surface area contributed by atoms with Crippen molar-refractivity contribution in [1.82, 2.24) is 0 Å². The number of ether oxygens (including phenoxy) is 2. The molecule has 0 amide bonds. The van der Waals surface area contributed by atoms with Crippen LogP contribution in [0.15, 0.2) is 0 Å². The van der Waals surface area contributed by atoms with Crippen molar-refractivity contribution in [2.24, 2.45) is 5.92 Å². The average Bonchev–Trinajstić information content (AvgIpc) is 2.48. The van der Waals surface area contributed by atoms with Gasteiger partial charge < -0.3 is 14.3 Å². The van der Waals surface area contributed by atoms with Gasteiger partial charge in [-0.15, -0.1) is 0 Å². The molecule has 0 aromatic rings. The number of rotatable bonds is 2. The molecule has 0 aromatic carbocycles. The summed E-state index contributed by atoms with van der Waals surface area (Å²) in [4.78, 5) is 22.8. The molecule has 4 heteroatoms. The highest BCUT2D eigenvalue weighted by Crippen LogP contribution is 2.39. The van der Waals surface area contributed by atoms with E-state index in [0.29, 0.717) is 12.8 Å². The maximum atomic E-state index is 11.9. The topological polar surface area (TPSA) is 52.6 Å². The summed E-state index contributed by atoms with van der Waals surface area (Å²) in [5, 5.41) is 0. The first-order valence-corrected chi connectivity index (χ1v) is 5.28. The van der Waals surface area contributed by atoms with Crippen molar-refractivity contribution in [2.45, 2.75) is 51.6 Å². The van der Waals surface area contributed by atoms with Crippen LogP contribution in [0.25, 0.3) is 0 Å². The number of carbonyl (C=O) groups is 2. The molecule has 0 spiro atoms. The molecular weight excluding hydrogens is 196 g/mol. The van der Waals surface area contributed by atoms with Crippen LogP contribution < -0.4 is 0 Å². The van der Waals surface area contributed by atoms with Gasteiger partial charge in [-0.3, -0.25) is 4.79 Å². The molecule has 0 N–H and O–H groups in total. The molecule has 1 saturated heterocycles. The lowest BCUT2D eigenvalue weighted by molar-refractivity contribution is -0.163. The van der Waals surface area contributed by atoms with Crippen molar-refractivity contribution in [1.29, 1.82) is 0 Å². The van der Waals surface area contributed by atoms with E-state index in [1.165, 1.54) is 6.92 Å². The van der Waals surface area contributed by atoms with Gasteiger partial charge in [-0.2, -0.15) is 0 Å². The number of hydrogen-bond donors (Lipinski definition) is 0. The Hall–Kier alpha value is -0.740. The van der Waals surface area contributed by atoms with Gasteiger partial charge in [0.05, 0.1) is 6.10 Å². The Bertz CT molecular complexity index is 308. The summed E-state index contributed by atoms with van der Waals surface area (Å²) in [6.07, 6.45) is 0.326. The van der Waals surface area contributed by atoms with Gasteiger partial charge in [0.25, 0.3) is 0 Å². The standard InChI is InChI=1S/C11H16O4/c1-6(12)4-7-5-8-10(9(7)13)15-11(2,3)14-8/h7-8,10H,4-5H2,1-3H3/t7-,8-,10-/m0/s1. The monoisotopic (exact) mass is 212 g/mol. The van der Waals surface area contributed by atoms with E-state index in [1.807, 2.05) is 0 Å². The summed E-state index contributed by atoms with van der Waals surface area (Å²) in [7, 11) is 0. The van der Waals surface area contributed by atoms with Gasteiger partial charge >= 0.3 is 0 Å². The number of fused-ring (bicyclic) bond motifs is 1. The van der Waals surface area contributed by atoms with E-state index in [1.54, 1.807) is 13.8 Å². The van der Waals surface area contributed by atoms with Crippen LogP contribution in [0.4, 0.5) is 0 Å². The van der Waals surface area contributed by atoms with E-state index in [0.717, 1.165) is 0 Å². The minimum Gasteiger partial charge on any atom is -0.344 e. The lowest BCUT2D eigenvalue weighted by Crippen LogP contribution is -2.28. The summed E-state index contributed by atoms with van der Waals surface area (Å²) in [6, 6.07) is 0. The normalized spacial score (nSPS) is 38.1. The fourth-order valence-corrected chi connectivity index (χ4v) is 2.41. The Labute approximate surface area is 88.9 Å². The van der Waals surface area contributed by atoms with Gasteiger partial charge in [0, 0.05) is 12.3 Å². The maximum Gasteiger partial charge on any atom is 0.167 e. The van der Waals surface area contributed by atoms with Crippen molar-refractivity contribution in [3.8, 4) is 0 Å². The zero-order chi connectivity index (χ0) is 11.2. The molecule has 4 nitrogen and oxygen atoms in total. The summed E-state index contributed by atoms with van der Waals surface area (Å²) in [5.74, 6) is -0.784. The molecule has 2 rings (SSSR count). The van der Waals surface area contributed by atoms with Crippen molar-refractivity contribution >= 4 is 11.6 Å². The Balaban J connectivity index is 2.05. The number of hydrogen-bond acceptors (Lipinski definition) is 4. The highest BCUT2D eigenvalue weighted by atomic mass is 16.8. The number of ketones is 2. The molecule has 15 heavy (non-hydrogen) atoms. The van der Waals surface area contributed by atoms with Crippen LogP contribution in [0.3, 0.4) is 0 Å². The Morgan fingerprint density at radius 2 is 2.13 bits per heavy atom. The first kappa shape index (κ1) is 10.8. The Morgan fingerprint density at radius 3 is 2.67 bits per heavy atom. The number of carbonyl (C=O) groups excluding carboxylic acids is 2. The molecule has 2 aliphatic rings. The largest absolute Gasteiger partial charge is 0.344 e. The van der Waals surface area contributed by atoms with Crippen molar-refractivity contribution in [3.63, 3.8) is 0 Å². The molecule has 84 valence electrons. The second-order valence-electron chi connectivity index (χ2n) is 4.84. The third kappa shape index (κ3) is 1.96. The Morgan fingerprint density at radius 1 is 1.47 bits per heavy atom. The van der Waals surface area contributed by atoms with Crippen LogP contribution in [0.1, 0.15) is 33.6 Å². The van der Waals surface area contributed by atoms with Gasteiger partial charge in [-0.05, 0) is 27.2 Å². The van der Waals surface area contributed by atoms with Crippen LogP contribution in [0.2, 0.25) is 0 Å². The molecule has 0 bridgehead atoms. The van der Waals surface area contributed by atoms with E-state index >= 15 is 0 Å². The van der Waals surface area contributed by atoms with Crippen LogP contribution in [0, 0.1) is 5.92 Å². The minimum atomic E-state index is -0.661. The van der Waals surface area contributed by atoms with Gasteiger partial charge in [0.1, 0.15) is 11.9 Å². The highest BCUT2D eigenvalue weighted by Gasteiger charge is 2.52. The van der Waals surface area contributed by atoms with E-state index < -0.39 is 11.9 Å². The predicted octanol–water partition coefficient (Wildman–Crippen LogP) is 1.07. The molecule has 2 fully saturated rings. The predicted molar refractivity (Wildman–Crippen MR) is 52.2 cm³/mol. The lowest BCUT2D eigenvalue weighted by atomic mass is 10.0. The third-order valence-electron chi connectivity index (χ3n) is 2.92.